The first-order chi connectivity index (χ1) is 9.72. The summed E-state index contributed by atoms with van der Waals surface area (Å²) >= 11 is 0. The highest BCUT2D eigenvalue weighted by Crippen LogP contribution is 2.30. The van der Waals surface area contributed by atoms with Gasteiger partial charge in [0.25, 0.3) is 5.56 Å². The Morgan fingerprint density at radius 2 is 2.20 bits per heavy atom. The van der Waals surface area contributed by atoms with E-state index in [1.807, 2.05) is 6.92 Å². The third-order valence-corrected chi connectivity index (χ3v) is 3.50. The van der Waals surface area contributed by atoms with Gasteiger partial charge in [0.05, 0.1) is 6.33 Å². The van der Waals surface area contributed by atoms with E-state index in [2.05, 4.69) is 9.97 Å². The Morgan fingerprint density at radius 1 is 1.40 bits per heavy atom. The van der Waals surface area contributed by atoms with Crippen molar-refractivity contribution in [3.8, 4) is 0 Å². The Kier molecular flexibility index (Phi) is 3.43. The summed E-state index contributed by atoms with van der Waals surface area (Å²) in [5.74, 6) is 0.523. The molecule has 0 aromatic carbocycles. The van der Waals surface area contributed by atoms with Crippen LogP contribution in [0.5, 0.6) is 0 Å². The molecule has 0 aliphatic heterocycles. The van der Waals surface area contributed by atoms with Gasteiger partial charge in [-0.3, -0.25) is 9.36 Å². The minimum atomic E-state index is -0.370. The summed E-state index contributed by atoms with van der Waals surface area (Å²) in [7, 11) is 0. The SMILES string of the molecule is CCCOCn1c(=O)c2[nH]cnc2n(CC2CC2)c1=O. The topological polar surface area (TPSA) is 81.9 Å². The zero-order chi connectivity index (χ0) is 14.1. The van der Waals surface area contributed by atoms with Gasteiger partial charge in [-0.2, -0.15) is 0 Å². The van der Waals surface area contributed by atoms with Gasteiger partial charge >= 0.3 is 5.69 Å². The molecule has 0 spiro atoms. The molecule has 0 radical (unpaired) electrons. The summed E-state index contributed by atoms with van der Waals surface area (Å²) in [6, 6.07) is 0. The molecule has 2 aromatic rings. The first-order valence-corrected chi connectivity index (χ1v) is 6.96. The van der Waals surface area contributed by atoms with Gasteiger partial charge < -0.3 is 9.72 Å². The predicted molar refractivity (Wildman–Crippen MR) is 73.6 cm³/mol. The monoisotopic (exact) mass is 278 g/mol. The van der Waals surface area contributed by atoms with Crippen LogP contribution in [0.1, 0.15) is 26.2 Å². The van der Waals surface area contributed by atoms with Crippen molar-refractivity contribution in [1.82, 2.24) is 19.1 Å². The molecule has 1 saturated carbocycles. The third kappa shape index (κ3) is 2.29. The second-order valence-corrected chi connectivity index (χ2v) is 5.21. The summed E-state index contributed by atoms with van der Waals surface area (Å²) in [6.07, 6.45) is 4.55. The lowest BCUT2D eigenvalue weighted by Crippen LogP contribution is -2.41. The highest BCUT2D eigenvalue weighted by atomic mass is 16.5. The number of nitrogens with zero attached hydrogens (tertiary/aromatic N) is 3. The summed E-state index contributed by atoms with van der Waals surface area (Å²) in [5.41, 5.74) is 0.104. The van der Waals surface area contributed by atoms with Crippen LogP contribution in [-0.4, -0.2) is 25.7 Å². The molecule has 1 N–H and O–H groups in total. The van der Waals surface area contributed by atoms with Crippen molar-refractivity contribution in [2.45, 2.75) is 39.5 Å². The number of imidazole rings is 1. The molecule has 2 heterocycles. The first kappa shape index (κ1) is 13.1. The Labute approximate surface area is 115 Å². The minimum absolute atomic E-state index is 0.00880. The number of hydrogen-bond donors (Lipinski definition) is 1. The molecule has 7 heteroatoms. The lowest BCUT2D eigenvalue weighted by atomic mass is 10.4. The van der Waals surface area contributed by atoms with Gasteiger partial charge in [0.1, 0.15) is 12.2 Å². The maximum absolute atomic E-state index is 12.5. The Morgan fingerprint density at radius 3 is 2.90 bits per heavy atom. The van der Waals surface area contributed by atoms with Gasteiger partial charge in [-0.05, 0) is 25.2 Å². The van der Waals surface area contributed by atoms with Crippen molar-refractivity contribution < 1.29 is 4.74 Å². The molecule has 108 valence electrons. The smallest absolute Gasteiger partial charge is 0.334 e. The van der Waals surface area contributed by atoms with Crippen LogP contribution in [0, 0.1) is 5.92 Å². The average molecular weight is 278 g/mol. The van der Waals surface area contributed by atoms with Gasteiger partial charge in [-0.15, -0.1) is 0 Å². The zero-order valence-corrected chi connectivity index (χ0v) is 11.5. The largest absolute Gasteiger partial charge is 0.360 e. The van der Waals surface area contributed by atoms with E-state index in [1.165, 1.54) is 6.33 Å². The van der Waals surface area contributed by atoms with Crippen molar-refractivity contribution in [1.29, 1.82) is 0 Å². The standard InChI is InChI=1S/C13H18N4O3/c1-2-5-20-8-17-12(18)10-11(15-7-14-10)16(13(17)19)6-9-3-4-9/h7,9H,2-6,8H2,1H3,(H,14,15). The van der Waals surface area contributed by atoms with Gasteiger partial charge in [0, 0.05) is 13.2 Å². The fourth-order valence-corrected chi connectivity index (χ4v) is 2.24. The molecule has 0 bridgehead atoms. The molecular formula is C13H18N4O3. The van der Waals surface area contributed by atoms with E-state index in [4.69, 9.17) is 4.74 Å². The fraction of sp³-hybridized carbons (Fsp3) is 0.615. The van der Waals surface area contributed by atoms with Crippen LogP contribution >= 0.6 is 0 Å². The second kappa shape index (κ2) is 5.24. The third-order valence-electron chi connectivity index (χ3n) is 3.50. The van der Waals surface area contributed by atoms with Crippen LogP contribution in [0.4, 0.5) is 0 Å². The highest BCUT2D eigenvalue weighted by molar-refractivity contribution is 5.68. The van der Waals surface area contributed by atoms with Crippen molar-refractivity contribution >= 4 is 11.2 Å². The molecular weight excluding hydrogens is 260 g/mol. The maximum atomic E-state index is 12.5. The number of fused-ring (bicyclic) bond motifs is 1. The van der Waals surface area contributed by atoms with E-state index in [-0.39, 0.29) is 18.0 Å². The van der Waals surface area contributed by atoms with Crippen LogP contribution in [0.15, 0.2) is 15.9 Å². The van der Waals surface area contributed by atoms with E-state index in [1.54, 1.807) is 4.57 Å². The quantitative estimate of drug-likeness (QED) is 0.788. The molecule has 3 rings (SSSR count). The number of rotatable bonds is 6. The molecule has 2 aromatic heterocycles. The molecule has 1 fully saturated rings. The number of hydrogen-bond acceptors (Lipinski definition) is 4. The molecule has 0 amide bonds. The molecule has 0 saturated heterocycles. The zero-order valence-electron chi connectivity index (χ0n) is 11.5. The molecule has 0 unspecified atom stereocenters. The van der Waals surface area contributed by atoms with Crippen LogP contribution in [0.25, 0.3) is 11.2 Å². The normalized spacial score (nSPS) is 15.1. The predicted octanol–water partition coefficient (Wildman–Crippen LogP) is 0.680. The van der Waals surface area contributed by atoms with Gasteiger partial charge in [-0.1, -0.05) is 6.92 Å². The number of ether oxygens (including phenoxy) is 1. The number of aromatic amines is 1. The highest BCUT2D eigenvalue weighted by Gasteiger charge is 2.25. The number of aromatic nitrogens is 4. The van der Waals surface area contributed by atoms with Crippen LogP contribution in [0.3, 0.4) is 0 Å². The van der Waals surface area contributed by atoms with Gasteiger partial charge in [0.2, 0.25) is 0 Å². The summed E-state index contributed by atoms with van der Waals surface area (Å²) < 4.78 is 8.07. The van der Waals surface area contributed by atoms with Crippen LogP contribution in [-0.2, 0) is 18.0 Å². The van der Waals surface area contributed by atoms with Gasteiger partial charge in [-0.25, -0.2) is 14.3 Å². The lowest BCUT2D eigenvalue weighted by molar-refractivity contribution is 0.0715. The van der Waals surface area contributed by atoms with E-state index in [0.29, 0.717) is 30.2 Å². The fourth-order valence-electron chi connectivity index (χ4n) is 2.24. The Bertz CT molecular complexity index is 723. The summed E-state index contributed by atoms with van der Waals surface area (Å²) in [5, 5.41) is 0. The second-order valence-electron chi connectivity index (χ2n) is 5.21. The number of nitrogens with one attached hydrogen (secondary N) is 1. The van der Waals surface area contributed by atoms with Crippen LogP contribution < -0.4 is 11.2 Å². The molecule has 1 aliphatic carbocycles. The number of H-pyrrole nitrogens is 1. The van der Waals surface area contributed by atoms with Crippen molar-refractivity contribution in [3.05, 3.63) is 27.2 Å². The van der Waals surface area contributed by atoms with E-state index >= 15 is 0 Å². The minimum Gasteiger partial charge on any atom is -0.360 e. The van der Waals surface area contributed by atoms with E-state index in [0.717, 1.165) is 23.8 Å². The first-order valence-electron chi connectivity index (χ1n) is 6.96. The Hall–Kier alpha value is -1.89. The Balaban J connectivity index is 2.08. The van der Waals surface area contributed by atoms with Crippen molar-refractivity contribution in [2.75, 3.05) is 6.61 Å². The molecule has 0 atom stereocenters. The molecule has 1 aliphatic rings. The van der Waals surface area contributed by atoms with E-state index in [9.17, 15) is 9.59 Å². The molecule has 7 nitrogen and oxygen atoms in total. The van der Waals surface area contributed by atoms with Gasteiger partial charge in [0.15, 0.2) is 5.65 Å². The average Bonchev–Trinajstić information content (AvgIpc) is 3.13. The molecule has 20 heavy (non-hydrogen) atoms. The maximum Gasteiger partial charge on any atom is 0.334 e. The lowest BCUT2D eigenvalue weighted by Gasteiger charge is -2.11. The summed E-state index contributed by atoms with van der Waals surface area (Å²) in [4.78, 5) is 31.6. The van der Waals surface area contributed by atoms with Crippen LogP contribution in [0.2, 0.25) is 0 Å². The van der Waals surface area contributed by atoms with Crippen molar-refractivity contribution in [2.24, 2.45) is 5.92 Å². The van der Waals surface area contributed by atoms with Crippen molar-refractivity contribution in [3.63, 3.8) is 0 Å². The summed E-state index contributed by atoms with van der Waals surface area (Å²) in [6.45, 7) is 3.11. The van der Waals surface area contributed by atoms with E-state index < -0.39 is 0 Å².